The Hall–Kier alpha value is -2.71. The van der Waals surface area contributed by atoms with E-state index in [-0.39, 0.29) is 12.5 Å². The van der Waals surface area contributed by atoms with E-state index in [1.165, 1.54) is 17.6 Å². The number of hydrogen-bond acceptors (Lipinski definition) is 6. The van der Waals surface area contributed by atoms with Crippen LogP contribution in [0.15, 0.2) is 46.5 Å². The molecule has 0 radical (unpaired) electrons. The van der Waals surface area contributed by atoms with Gasteiger partial charge in [-0.05, 0) is 36.4 Å². The number of aliphatic imine (C=N–C) groups is 1. The summed E-state index contributed by atoms with van der Waals surface area (Å²) in [6.07, 6.45) is 1.49. The third-order valence-electron chi connectivity index (χ3n) is 3.34. The first-order valence-corrected chi connectivity index (χ1v) is 8.81. The molecule has 0 unspecified atom stereocenters. The molecule has 26 heavy (non-hydrogen) atoms. The molecule has 136 valence electrons. The highest BCUT2D eigenvalue weighted by molar-refractivity contribution is 7.18. The number of carbonyl (C=O) groups is 1. The first-order chi connectivity index (χ1) is 12.4. The highest BCUT2D eigenvalue weighted by Crippen LogP contribution is 2.21. The largest absolute Gasteiger partial charge is 0.363 e. The Balaban J connectivity index is 1.94. The predicted molar refractivity (Wildman–Crippen MR) is 108 cm³/mol. The lowest BCUT2D eigenvalue weighted by Crippen LogP contribution is -2.30. The fourth-order valence-corrected chi connectivity index (χ4v) is 2.89. The first kappa shape index (κ1) is 19.6. The van der Waals surface area contributed by atoms with Crippen LogP contribution in [0.2, 0.25) is 4.34 Å². The van der Waals surface area contributed by atoms with Gasteiger partial charge in [-0.25, -0.2) is 0 Å². The average molecular weight is 391 g/mol. The topological polar surface area (TPSA) is 107 Å². The molecule has 0 aliphatic carbocycles. The summed E-state index contributed by atoms with van der Waals surface area (Å²) < 4.78 is 0.551. The zero-order valence-electron chi connectivity index (χ0n) is 14.4. The number of hydrazone groups is 1. The van der Waals surface area contributed by atoms with E-state index in [1.807, 2.05) is 26.2 Å². The number of amidine groups is 1. The second kappa shape index (κ2) is 9.12. The average Bonchev–Trinajstić information content (AvgIpc) is 3.08. The van der Waals surface area contributed by atoms with Crippen molar-refractivity contribution in [2.24, 2.45) is 15.9 Å². The summed E-state index contributed by atoms with van der Waals surface area (Å²) in [6.45, 7) is 0.151. The van der Waals surface area contributed by atoms with Crippen LogP contribution in [0.5, 0.6) is 0 Å². The van der Waals surface area contributed by atoms with E-state index in [1.54, 1.807) is 29.2 Å². The fraction of sp³-hybridized carbons (Fsp3) is 0.176. The quantitative estimate of drug-likeness (QED) is 0.305. The standard InChI is InChI=1S/C17H19ClN6OS/c1-24(2)16(19)11-3-5-12(6-4-11)21-9-13(23-20)10-22-17(25)14-7-8-15(18)26-14/h3-9,19H,10,20H2,1-2H3,(H,22,25). The molecule has 1 aromatic carbocycles. The molecular formula is C17H19ClN6OS. The molecule has 9 heteroatoms. The number of amides is 1. The number of nitrogens with zero attached hydrogens (tertiary/aromatic N) is 3. The van der Waals surface area contributed by atoms with Crippen LogP contribution in [-0.2, 0) is 0 Å². The molecule has 1 amide bonds. The molecule has 0 aliphatic heterocycles. The van der Waals surface area contributed by atoms with Gasteiger partial charge in [-0.15, -0.1) is 11.3 Å². The van der Waals surface area contributed by atoms with Gasteiger partial charge < -0.3 is 16.1 Å². The molecule has 0 spiro atoms. The highest BCUT2D eigenvalue weighted by atomic mass is 35.5. The van der Waals surface area contributed by atoms with Crippen molar-refractivity contribution >= 4 is 52.3 Å². The third-order valence-corrected chi connectivity index (χ3v) is 4.57. The maximum Gasteiger partial charge on any atom is 0.261 e. The lowest BCUT2D eigenvalue weighted by atomic mass is 10.2. The van der Waals surface area contributed by atoms with Crippen LogP contribution >= 0.6 is 22.9 Å². The molecular weight excluding hydrogens is 372 g/mol. The van der Waals surface area contributed by atoms with Gasteiger partial charge in [0, 0.05) is 19.7 Å². The Morgan fingerprint density at radius 2 is 2.00 bits per heavy atom. The number of rotatable bonds is 6. The Labute approximate surface area is 160 Å². The molecule has 2 rings (SSSR count). The van der Waals surface area contributed by atoms with Crippen molar-refractivity contribution < 1.29 is 4.79 Å². The van der Waals surface area contributed by atoms with Crippen LogP contribution in [0.1, 0.15) is 15.2 Å². The summed E-state index contributed by atoms with van der Waals surface area (Å²) in [7, 11) is 3.63. The molecule has 0 atom stereocenters. The third kappa shape index (κ3) is 5.40. The molecule has 0 saturated heterocycles. The normalized spacial score (nSPS) is 11.6. The molecule has 0 bridgehead atoms. The van der Waals surface area contributed by atoms with E-state index in [9.17, 15) is 4.79 Å². The summed E-state index contributed by atoms with van der Waals surface area (Å²) in [5, 5.41) is 14.3. The van der Waals surface area contributed by atoms with Crippen LogP contribution < -0.4 is 11.2 Å². The zero-order chi connectivity index (χ0) is 19.1. The Bertz CT molecular complexity index is 841. The van der Waals surface area contributed by atoms with Crippen molar-refractivity contribution in [3.8, 4) is 0 Å². The monoisotopic (exact) mass is 390 g/mol. The second-order valence-corrected chi connectivity index (χ2v) is 7.17. The van der Waals surface area contributed by atoms with Crippen LogP contribution in [0, 0.1) is 5.41 Å². The maximum atomic E-state index is 12.0. The van der Waals surface area contributed by atoms with Gasteiger partial charge >= 0.3 is 0 Å². The van der Waals surface area contributed by atoms with E-state index in [0.29, 0.717) is 26.4 Å². The van der Waals surface area contributed by atoms with Gasteiger partial charge in [-0.3, -0.25) is 15.2 Å². The molecule has 2 aromatic rings. The number of hydrogen-bond donors (Lipinski definition) is 3. The Kier molecular flexibility index (Phi) is 6.88. The molecule has 1 aromatic heterocycles. The van der Waals surface area contributed by atoms with Gasteiger partial charge in [0.05, 0.1) is 33.4 Å². The van der Waals surface area contributed by atoms with Crippen LogP contribution in [0.3, 0.4) is 0 Å². The van der Waals surface area contributed by atoms with Gasteiger partial charge in [-0.1, -0.05) is 11.6 Å². The number of halogens is 1. The SMILES string of the molecule is CN(C)C(=N)c1ccc(N=CC(CNC(=O)c2ccc(Cl)s2)=NN)cc1. The maximum absolute atomic E-state index is 12.0. The number of thiophene rings is 1. The molecule has 0 saturated carbocycles. The van der Waals surface area contributed by atoms with Crippen molar-refractivity contribution in [2.75, 3.05) is 20.6 Å². The number of nitrogens with two attached hydrogens (primary N) is 1. The van der Waals surface area contributed by atoms with Gasteiger partial charge in [0.1, 0.15) is 5.84 Å². The summed E-state index contributed by atoms with van der Waals surface area (Å²) >= 11 is 7.02. The molecule has 1 heterocycles. The van der Waals surface area contributed by atoms with Crippen molar-refractivity contribution in [3.05, 3.63) is 51.2 Å². The van der Waals surface area contributed by atoms with E-state index in [2.05, 4.69) is 15.4 Å². The minimum absolute atomic E-state index is 0.151. The highest BCUT2D eigenvalue weighted by Gasteiger charge is 2.09. The fourth-order valence-electron chi connectivity index (χ4n) is 1.93. The second-order valence-electron chi connectivity index (χ2n) is 5.45. The first-order valence-electron chi connectivity index (χ1n) is 7.61. The van der Waals surface area contributed by atoms with E-state index >= 15 is 0 Å². The number of carbonyl (C=O) groups excluding carboxylic acids is 1. The summed E-state index contributed by atoms with van der Waals surface area (Å²) in [4.78, 5) is 18.5. The number of benzene rings is 1. The zero-order valence-corrected chi connectivity index (χ0v) is 15.9. The Morgan fingerprint density at radius 3 is 2.54 bits per heavy atom. The van der Waals surface area contributed by atoms with E-state index in [0.717, 1.165) is 5.56 Å². The number of nitrogens with one attached hydrogen (secondary N) is 2. The smallest absolute Gasteiger partial charge is 0.261 e. The summed E-state index contributed by atoms with van der Waals surface area (Å²) in [6, 6.07) is 10.5. The van der Waals surface area contributed by atoms with Crippen molar-refractivity contribution in [1.29, 1.82) is 5.41 Å². The van der Waals surface area contributed by atoms with Crippen molar-refractivity contribution in [1.82, 2.24) is 10.2 Å². The molecule has 0 fully saturated rings. The van der Waals surface area contributed by atoms with Gasteiger partial charge in [0.2, 0.25) is 0 Å². The predicted octanol–water partition coefficient (Wildman–Crippen LogP) is 2.74. The summed E-state index contributed by atoms with van der Waals surface area (Å²) in [5.41, 5.74) is 1.91. The van der Waals surface area contributed by atoms with Gasteiger partial charge in [0.25, 0.3) is 5.91 Å². The van der Waals surface area contributed by atoms with E-state index < -0.39 is 0 Å². The lowest BCUT2D eigenvalue weighted by molar-refractivity contribution is 0.0963. The lowest BCUT2D eigenvalue weighted by Gasteiger charge is -2.13. The van der Waals surface area contributed by atoms with Gasteiger partial charge in [-0.2, -0.15) is 5.10 Å². The van der Waals surface area contributed by atoms with Crippen molar-refractivity contribution in [3.63, 3.8) is 0 Å². The minimum atomic E-state index is -0.247. The van der Waals surface area contributed by atoms with Crippen LogP contribution in [0.25, 0.3) is 0 Å². The van der Waals surface area contributed by atoms with Crippen LogP contribution in [-0.4, -0.2) is 49.2 Å². The summed E-state index contributed by atoms with van der Waals surface area (Å²) in [5.74, 6) is 5.53. The van der Waals surface area contributed by atoms with E-state index in [4.69, 9.17) is 22.9 Å². The molecule has 7 nitrogen and oxygen atoms in total. The minimum Gasteiger partial charge on any atom is -0.363 e. The molecule has 4 N–H and O–H groups in total. The Morgan fingerprint density at radius 1 is 1.31 bits per heavy atom. The van der Waals surface area contributed by atoms with Crippen LogP contribution in [0.4, 0.5) is 5.69 Å². The van der Waals surface area contributed by atoms with Crippen molar-refractivity contribution in [2.45, 2.75) is 0 Å². The molecule has 0 aliphatic rings. The van der Waals surface area contributed by atoms with Gasteiger partial charge in [0.15, 0.2) is 0 Å².